The van der Waals surface area contributed by atoms with Crippen molar-refractivity contribution in [1.29, 1.82) is 5.26 Å². The van der Waals surface area contributed by atoms with E-state index < -0.39 is 11.0 Å². The third-order valence-corrected chi connectivity index (χ3v) is 5.00. The van der Waals surface area contributed by atoms with Gasteiger partial charge < -0.3 is 4.90 Å². The van der Waals surface area contributed by atoms with Crippen molar-refractivity contribution in [2.75, 3.05) is 26.2 Å². The SMILES string of the molecule is N#CC(c1ccc(F)cc1)N1CCN(C(=O)c2cc([N+](=O)[O-])ccc2Cl)CC1. The van der Waals surface area contributed by atoms with Gasteiger partial charge in [0.2, 0.25) is 0 Å². The number of hydrogen-bond acceptors (Lipinski definition) is 5. The van der Waals surface area contributed by atoms with E-state index in [4.69, 9.17) is 11.6 Å². The number of nitro benzene ring substituents is 1. The van der Waals surface area contributed by atoms with Gasteiger partial charge in [-0.2, -0.15) is 5.26 Å². The average Bonchev–Trinajstić information content (AvgIpc) is 2.70. The molecule has 28 heavy (non-hydrogen) atoms. The largest absolute Gasteiger partial charge is 0.336 e. The molecule has 2 aromatic carbocycles. The number of nitrogens with zero attached hydrogens (tertiary/aromatic N) is 4. The van der Waals surface area contributed by atoms with Crippen molar-refractivity contribution in [3.05, 3.63) is 74.5 Å². The molecule has 0 N–H and O–H groups in total. The summed E-state index contributed by atoms with van der Waals surface area (Å²) in [6, 6.07) is 11.2. The fourth-order valence-corrected chi connectivity index (χ4v) is 3.35. The van der Waals surface area contributed by atoms with E-state index in [0.29, 0.717) is 31.7 Å². The fourth-order valence-electron chi connectivity index (χ4n) is 3.16. The molecule has 1 amide bonds. The lowest BCUT2D eigenvalue weighted by Gasteiger charge is -2.37. The Bertz CT molecular complexity index is 937. The topological polar surface area (TPSA) is 90.5 Å². The van der Waals surface area contributed by atoms with Crippen LogP contribution in [0.25, 0.3) is 0 Å². The zero-order valence-electron chi connectivity index (χ0n) is 14.7. The number of carbonyl (C=O) groups excluding carboxylic acids is 1. The molecular formula is C19H16ClFN4O3. The molecular weight excluding hydrogens is 387 g/mol. The van der Waals surface area contributed by atoms with Gasteiger partial charge in [-0.05, 0) is 23.8 Å². The van der Waals surface area contributed by atoms with Crippen LogP contribution in [0, 0.1) is 27.3 Å². The van der Waals surface area contributed by atoms with Gasteiger partial charge in [0.05, 0.1) is 21.6 Å². The summed E-state index contributed by atoms with van der Waals surface area (Å²) >= 11 is 6.06. The smallest absolute Gasteiger partial charge is 0.270 e. The maximum Gasteiger partial charge on any atom is 0.270 e. The number of amides is 1. The van der Waals surface area contributed by atoms with Crippen molar-refractivity contribution >= 4 is 23.2 Å². The number of piperazine rings is 1. The van der Waals surface area contributed by atoms with Gasteiger partial charge in [0, 0.05) is 38.3 Å². The van der Waals surface area contributed by atoms with E-state index in [0.717, 1.165) is 0 Å². The van der Waals surface area contributed by atoms with E-state index in [1.165, 1.54) is 30.3 Å². The molecule has 0 aliphatic carbocycles. The molecule has 1 unspecified atom stereocenters. The molecule has 1 saturated heterocycles. The Kier molecular flexibility index (Phi) is 5.87. The lowest BCUT2D eigenvalue weighted by molar-refractivity contribution is -0.384. The van der Waals surface area contributed by atoms with Crippen molar-refractivity contribution in [3.63, 3.8) is 0 Å². The van der Waals surface area contributed by atoms with E-state index in [1.54, 1.807) is 17.0 Å². The first-order valence-corrected chi connectivity index (χ1v) is 8.91. The van der Waals surface area contributed by atoms with Crippen LogP contribution in [0.4, 0.5) is 10.1 Å². The Morgan fingerprint density at radius 1 is 1.18 bits per heavy atom. The molecule has 144 valence electrons. The van der Waals surface area contributed by atoms with Crippen molar-refractivity contribution in [3.8, 4) is 6.07 Å². The summed E-state index contributed by atoms with van der Waals surface area (Å²) in [6.45, 7) is 1.57. The van der Waals surface area contributed by atoms with Crippen LogP contribution in [0.15, 0.2) is 42.5 Å². The van der Waals surface area contributed by atoms with E-state index >= 15 is 0 Å². The zero-order chi connectivity index (χ0) is 20.3. The van der Waals surface area contributed by atoms with Crippen LogP contribution in [0.3, 0.4) is 0 Å². The molecule has 1 fully saturated rings. The minimum Gasteiger partial charge on any atom is -0.336 e. The summed E-state index contributed by atoms with van der Waals surface area (Å²) in [5.41, 5.74) is 0.567. The maximum absolute atomic E-state index is 13.1. The second-order valence-electron chi connectivity index (χ2n) is 6.33. The molecule has 1 aliphatic rings. The first-order chi connectivity index (χ1) is 13.4. The molecule has 0 spiro atoms. The van der Waals surface area contributed by atoms with Crippen LogP contribution in [-0.2, 0) is 0 Å². The van der Waals surface area contributed by atoms with Gasteiger partial charge in [-0.3, -0.25) is 19.8 Å². The maximum atomic E-state index is 13.1. The monoisotopic (exact) mass is 402 g/mol. The minimum atomic E-state index is -0.578. The van der Waals surface area contributed by atoms with Gasteiger partial charge in [0.25, 0.3) is 11.6 Å². The van der Waals surface area contributed by atoms with Crippen molar-refractivity contribution in [2.45, 2.75) is 6.04 Å². The molecule has 2 aromatic rings. The van der Waals surface area contributed by atoms with Crippen LogP contribution in [0.1, 0.15) is 22.0 Å². The number of halogens is 2. The molecule has 1 aliphatic heterocycles. The van der Waals surface area contributed by atoms with Gasteiger partial charge in [-0.25, -0.2) is 4.39 Å². The molecule has 1 heterocycles. The molecule has 1 atom stereocenters. The number of benzene rings is 2. The fraction of sp³-hybridized carbons (Fsp3) is 0.263. The predicted molar refractivity (Wildman–Crippen MR) is 100 cm³/mol. The van der Waals surface area contributed by atoms with Crippen LogP contribution in [0.5, 0.6) is 0 Å². The van der Waals surface area contributed by atoms with E-state index in [1.807, 2.05) is 4.90 Å². The molecule has 7 nitrogen and oxygen atoms in total. The average molecular weight is 403 g/mol. The third-order valence-electron chi connectivity index (χ3n) is 4.67. The summed E-state index contributed by atoms with van der Waals surface area (Å²) in [6.07, 6.45) is 0. The Balaban J connectivity index is 1.70. The quantitative estimate of drug-likeness (QED) is 0.577. The van der Waals surface area contributed by atoms with Gasteiger partial charge in [-0.15, -0.1) is 0 Å². The van der Waals surface area contributed by atoms with Crippen LogP contribution >= 0.6 is 11.6 Å². The lowest BCUT2D eigenvalue weighted by Crippen LogP contribution is -2.49. The number of hydrogen-bond donors (Lipinski definition) is 0. The summed E-state index contributed by atoms with van der Waals surface area (Å²) in [7, 11) is 0. The third kappa shape index (κ3) is 4.11. The Morgan fingerprint density at radius 2 is 1.82 bits per heavy atom. The normalized spacial score (nSPS) is 15.7. The Labute approximate surface area is 165 Å². The lowest BCUT2D eigenvalue weighted by atomic mass is 10.1. The second-order valence-corrected chi connectivity index (χ2v) is 6.74. The molecule has 0 saturated carbocycles. The predicted octanol–water partition coefficient (Wildman–Crippen LogP) is 3.41. The molecule has 0 radical (unpaired) electrons. The van der Waals surface area contributed by atoms with Gasteiger partial charge in [0.1, 0.15) is 11.9 Å². The summed E-state index contributed by atoms with van der Waals surface area (Å²) in [5.74, 6) is -0.756. The Morgan fingerprint density at radius 3 is 2.39 bits per heavy atom. The summed E-state index contributed by atoms with van der Waals surface area (Å²) in [4.78, 5) is 26.6. The second kappa shape index (κ2) is 8.33. The van der Waals surface area contributed by atoms with Crippen molar-refractivity contribution in [2.24, 2.45) is 0 Å². The molecule has 9 heteroatoms. The van der Waals surface area contributed by atoms with Crippen LogP contribution < -0.4 is 0 Å². The highest BCUT2D eigenvalue weighted by molar-refractivity contribution is 6.33. The number of rotatable bonds is 4. The van der Waals surface area contributed by atoms with Crippen molar-refractivity contribution in [1.82, 2.24) is 9.80 Å². The molecule has 0 bridgehead atoms. The number of nitriles is 1. The summed E-state index contributed by atoms with van der Waals surface area (Å²) < 4.78 is 13.1. The first kappa shape index (κ1) is 19.7. The van der Waals surface area contributed by atoms with E-state index in [2.05, 4.69) is 6.07 Å². The summed E-state index contributed by atoms with van der Waals surface area (Å²) in [5, 5.41) is 20.6. The number of nitro groups is 1. The Hall–Kier alpha value is -3.02. The number of carbonyl (C=O) groups is 1. The van der Waals surface area contributed by atoms with Gasteiger partial charge in [0.15, 0.2) is 0 Å². The molecule has 3 rings (SSSR count). The zero-order valence-corrected chi connectivity index (χ0v) is 15.5. The van der Waals surface area contributed by atoms with Crippen molar-refractivity contribution < 1.29 is 14.1 Å². The highest BCUT2D eigenvalue weighted by atomic mass is 35.5. The number of non-ortho nitro benzene ring substituents is 1. The van der Waals surface area contributed by atoms with Crippen LogP contribution in [-0.4, -0.2) is 46.8 Å². The first-order valence-electron chi connectivity index (χ1n) is 8.53. The van der Waals surface area contributed by atoms with E-state index in [9.17, 15) is 24.6 Å². The highest BCUT2D eigenvalue weighted by Crippen LogP contribution is 2.26. The standard InChI is InChI=1S/C19H16ClFN4O3/c20-17-6-5-15(25(27)28)11-16(17)19(26)24-9-7-23(8-10-24)18(12-22)13-1-3-14(21)4-2-13/h1-6,11,18H,7-10H2. The highest BCUT2D eigenvalue weighted by Gasteiger charge is 2.29. The molecule has 0 aromatic heterocycles. The van der Waals surface area contributed by atoms with Gasteiger partial charge >= 0.3 is 0 Å². The minimum absolute atomic E-state index is 0.0830. The van der Waals surface area contributed by atoms with Crippen LogP contribution in [0.2, 0.25) is 5.02 Å². The van der Waals surface area contributed by atoms with Gasteiger partial charge in [-0.1, -0.05) is 23.7 Å². The van der Waals surface area contributed by atoms with E-state index in [-0.39, 0.29) is 28.0 Å².